The molecule has 2 aliphatic heterocycles. The molecule has 1 aromatic carbocycles. The first kappa shape index (κ1) is 12.9. The van der Waals surface area contributed by atoms with Gasteiger partial charge in [-0.05, 0) is 37.1 Å². The quantitative estimate of drug-likeness (QED) is 0.904. The van der Waals surface area contributed by atoms with Gasteiger partial charge in [-0.15, -0.1) is 0 Å². The lowest BCUT2D eigenvalue weighted by Gasteiger charge is -2.27. The summed E-state index contributed by atoms with van der Waals surface area (Å²) < 4.78 is 11.4. The molecule has 2 heterocycles. The summed E-state index contributed by atoms with van der Waals surface area (Å²) in [6.45, 7) is 3.94. The standard InChI is InChI=1S/C16H23NO2/c1-3-14-13(7-9-18-14)16(17-2)12-4-5-15-11(10-12)6-8-19-15/h4-5,10,13-14,16-17H,3,6-9H2,1-2H3. The Bertz CT molecular complexity index is 446. The highest BCUT2D eigenvalue weighted by Gasteiger charge is 2.34. The maximum Gasteiger partial charge on any atom is 0.122 e. The number of fused-ring (bicyclic) bond motifs is 1. The molecule has 0 amide bonds. The monoisotopic (exact) mass is 261 g/mol. The second kappa shape index (κ2) is 5.51. The summed E-state index contributed by atoms with van der Waals surface area (Å²) in [5, 5.41) is 3.49. The smallest absolute Gasteiger partial charge is 0.122 e. The third-order valence-electron chi connectivity index (χ3n) is 4.47. The SMILES string of the molecule is CCC1OCCC1C(NC)c1ccc2c(c1)CCO2. The third kappa shape index (κ3) is 2.37. The zero-order valence-corrected chi connectivity index (χ0v) is 11.8. The minimum absolute atomic E-state index is 0.387. The summed E-state index contributed by atoms with van der Waals surface area (Å²) in [7, 11) is 2.05. The zero-order chi connectivity index (χ0) is 13.2. The van der Waals surface area contributed by atoms with Gasteiger partial charge in [0.25, 0.3) is 0 Å². The summed E-state index contributed by atoms with van der Waals surface area (Å²) in [4.78, 5) is 0. The van der Waals surface area contributed by atoms with Crippen molar-refractivity contribution in [3.63, 3.8) is 0 Å². The third-order valence-corrected chi connectivity index (χ3v) is 4.47. The van der Waals surface area contributed by atoms with Crippen LogP contribution >= 0.6 is 0 Å². The van der Waals surface area contributed by atoms with E-state index in [-0.39, 0.29) is 0 Å². The van der Waals surface area contributed by atoms with Gasteiger partial charge < -0.3 is 14.8 Å². The summed E-state index contributed by atoms with van der Waals surface area (Å²) in [5.74, 6) is 1.64. The summed E-state index contributed by atoms with van der Waals surface area (Å²) in [5.41, 5.74) is 2.73. The van der Waals surface area contributed by atoms with Crippen molar-refractivity contribution in [2.24, 2.45) is 5.92 Å². The fourth-order valence-corrected chi connectivity index (χ4v) is 3.49. The Morgan fingerprint density at radius 2 is 2.26 bits per heavy atom. The average molecular weight is 261 g/mol. The van der Waals surface area contributed by atoms with Crippen LogP contribution in [0.1, 0.15) is 36.9 Å². The largest absolute Gasteiger partial charge is 0.493 e. The molecule has 1 N–H and O–H groups in total. The number of benzene rings is 1. The maximum atomic E-state index is 5.85. The average Bonchev–Trinajstić information content (AvgIpc) is 3.07. The van der Waals surface area contributed by atoms with Gasteiger partial charge in [0, 0.05) is 25.0 Å². The molecule has 0 bridgehead atoms. The Kier molecular flexibility index (Phi) is 3.76. The minimum atomic E-state index is 0.387. The van der Waals surface area contributed by atoms with Gasteiger partial charge in [-0.25, -0.2) is 0 Å². The van der Waals surface area contributed by atoms with Gasteiger partial charge in [-0.2, -0.15) is 0 Å². The van der Waals surface area contributed by atoms with Crippen molar-refractivity contribution >= 4 is 0 Å². The van der Waals surface area contributed by atoms with E-state index in [1.807, 2.05) is 0 Å². The first-order chi connectivity index (χ1) is 9.33. The van der Waals surface area contributed by atoms with Crippen LogP contribution in [-0.2, 0) is 11.2 Å². The van der Waals surface area contributed by atoms with Crippen molar-refractivity contribution in [1.82, 2.24) is 5.32 Å². The lowest BCUT2D eigenvalue weighted by Crippen LogP contribution is -2.30. The van der Waals surface area contributed by atoms with Crippen LogP contribution in [0.2, 0.25) is 0 Å². The lowest BCUT2D eigenvalue weighted by atomic mass is 9.86. The highest BCUT2D eigenvalue weighted by atomic mass is 16.5. The number of ether oxygens (including phenoxy) is 2. The molecule has 1 aromatic rings. The predicted molar refractivity (Wildman–Crippen MR) is 75.6 cm³/mol. The molecule has 0 saturated carbocycles. The molecule has 0 radical (unpaired) electrons. The molecule has 0 aromatic heterocycles. The van der Waals surface area contributed by atoms with E-state index in [1.165, 1.54) is 11.1 Å². The first-order valence-corrected chi connectivity index (χ1v) is 7.38. The van der Waals surface area contributed by atoms with Crippen LogP contribution in [0.4, 0.5) is 0 Å². The molecule has 3 nitrogen and oxygen atoms in total. The summed E-state index contributed by atoms with van der Waals surface area (Å²) >= 11 is 0. The predicted octanol–water partition coefficient (Wildman–Crippen LogP) is 2.70. The first-order valence-electron chi connectivity index (χ1n) is 7.38. The highest BCUT2D eigenvalue weighted by molar-refractivity contribution is 5.41. The molecule has 1 saturated heterocycles. The van der Waals surface area contributed by atoms with Crippen molar-refractivity contribution in [1.29, 1.82) is 0 Å². The molecule has 0 aliphatic carbocycles. The van der Waals surface area contributed by atoms with Gasteiger partial charge in [0.05, 0.1) is 12.7 Å². The number of hydrogen-bond acceptors (Lipinski definition) is 3. The summed E-state index contributed by atoms with van der Waals surface area (Å²) in [6.07, 6.45) is 3.67. The Morgan fingerprint density at radius 1 is 1.37 bits per heavy atom. The van der Waals surface area contributed by atoms with Gasteiger partial charge in [0.15, 0.2) is 0 Å². The van der Waals surface area contributed by atoms with Gasteiger partial charge in [-0.3, -0.25) is 0 Å². The van der Waals surface area contributed by atoms with Crippen LogP contribution < -0.4 is 10.1 Å². The van der Waals surface area contributed by atoms with Crippen LogP contribution in [0.15, 0.2) is 18.2 Å². The molecule has 3 rings (SSSR count). The van der Waals surface area contributed by atoms with Crippen molar-refractivity contribution in [2.75, 3.05) is 20.3 Å². The Hall–Kier alpha value is -1.06. The van der Waals surface area contributed by atoms with Crippen LogP contribution in [0.3, 0.4) is 0 Å². The second-order valence-electron chi connectivity index (χ2n) is 5.50. The Balaban J connectivity index is 1.85. The lowest BCUT2D eigenvalue weighted by molar-refractivity contribution is 0.0782. The van der Waals surface area contributed by atoms with E-state index in [9.17, 15) is 0 Å². The van der Waals surface area contributed by atoms with Gasteiger partial charge in [0.2, 0.25) is 0 Å². The van der Waals surface area contributed by atoms with Gasteiger partial charge in [-0.1, -0.05) is 19.1 Å². The van der Waals surface area contributed by atoms with E-state index in [2.05, 4.69) is 37.5 Å². The molecular weight excluding hydrogens is 238 g/mol. The van der Waals surface area contributed by atoms with Crippen LogP contribution in [0, 0.1) is 5.92 Å². The van der Waals surface area contributed by atoms with E-state index in [0.29, 0.717) is 18.1 Å². The van der Waals surface area contributed by atoms with E-state index in [0.717, 1.165) is 38.2 Å². The second-order valence-corrected chi connectivity index (χ2v) is 5.50. The van der Waals surface area contributed by atoms with E-state index in [4.69, 9.17) is 9.47 Å². The summed E-state index contributed by atoms with van der Waals surface area (Å²) in [6, 6.07) is 7.03. The van der Waals surface area contributed by atoms with Crippen molar-refractivity contribution in [2.45, 2.75) is 38.3 Å². The number of nitrogens with one attached hydrogen (secondary N) is 1. The van der Waals surface area contributed by atoms with Crippen LogP contribution in [-0.4, -0.2) is 26.4 Å². The van der Waals surface area contributed by atoms with E-state index >= 15 is 0 Å². The topological polar surface area (TPSA) is 30.5 Å². The fourth-order valence-electron chi connectivity index (χ4n) is 3.49. The Labute approximate surface area is 115 Å². The normalized spacial score (nSPS) is 27.1. The van der Waals surface area contributed by atoms with Crippen molar-refractivity contribution < 1.29 is 9.47 Å². The molecule has 19 heavy (non-hydrogen) atoms. The zero-order valence-electron chi connectivity index (χ0n) is 11.8. The highest BCUT2D eigenvalue weighted by Crippen LogP contribution is 2.36. The number of rotatable bonds is 4. The molecule has 104 valence electrons. The molecule has 1 fully saturated rings. The minimum Gasteiger partial charge on any atom is -0.493 e. The van der Waals surface area contributed by atoms with E-state index < -0.39 is 0 Å². The molecule has 2 aliphatic rings. The van der Waals surface area contributed by atoms with Gasteiger partial charge in [0.1, 0.15) is 5.75 Å². The van der Waals surface area contributed by atoms with Gasteiger partial charge >= 0.3 is 0 Å². The fraction of sp³-hybridized carbons (Fsp3) is 0.625. The van der Waals surface area contributed by atoms with Crippen molar-refractivity contribution in [3.8, 4) is 5.75 Å². The molecule has 3 atom stereocenters. The maximum absolute atomic E-state index is 5.85. The molecule has 3 unspecified atom stereocenters. The van der Waals surface area contributed by atoms with Crippen LogP contribution in [0.25, 0.3) is 0 Å². The number of hydrogen-bond donors (Lipinski definition) is 1. The molecule has 3 heteroatoms. The van der Waals surface area contributed by atoms with Crippen molar-refractivity contribution in [3.05, 3.63) is 29.3 Å². The Morgan fingerprint density at radius 3 is 3.05 bits per heavy atom. The molecule has 0 spiro atoms. The van der Waals surface area contributed by atoms with Crippen LogP contribution in [0.5, 0.6) is 5.75 Å². The van der Waals surface area contributed by atoms with E-state index in [1.54, 1.807) is 0 Å². The molecular formula is C16H23NO2.